The van der Waals surface area contributed by atoms with Gasteiger partial charge in [0.15, 0.2) is 0 Å². The predicted molar refractivity (Wildman–Crippen MR) is 321 cm³/mol. The molecule has 0 radical (unpaired) electrons. The van der Waals surface area contributed by atoms with E-state index < -0.39 is 20.0 Å². The van der Waals surface area contributed by atoms with Crippen LogP contribution >= 0.6 is 7.82 Å². The Labute approximate surface area is 462 Å². The molecule has 0 bridgehead atoms. The summed E-state index contributed by atoms with van der Waals surface area (Å²) in [5.74, 6) is -0.190. The quantitative estimate of drug-likeness (QED) is 0.0272. The number of allylic oxidation sites excluding steroid dienone is 1. The largest absolute Gasteiger partial charge is 0.756 e. The minimum atomic E-state index is -4.59. The molecule has 0 aliphatic carbocycles. The van der Waals surface area contributed by atoms with E-state index in [1.165, 1.54) is 289 Å². The smallest absolute Gasteiger partial charge is 0.268 e. The molecule has 0 aliphatic rings. The summed E-state index contributed by atoms with van der Waals surface area (Å²) < 4.78 is 23.3. The van der Waals surface area contributed by atoms with Crippen molar-refractivity contribution in [2.24, 2.45) is 0 Å². The summed E-state index contributed by atoms with van der Waals surface area (Å²) in [6.45, 7) is 4.69. The third-order valence-corrected chi connectivity index (χ3v) is 16.5. The highest BCUT2D eigenvalue weighted by Gasteiger charge is 2.23. The summed E-state index contributed by atoms with van der Waals surface area (Å²) >= 11 is 0. The van der Waals surface area contributed by atoms with Crippen LogP contribution in [0.2, 0.25) is 0 Å². The summed E-state index contributed by atoms with van der Waals surface area (Å²) in [5.41, 5.74) is 0. The molecule has 0 heterocycles. The molecule has 0 saturated carbocycles. The fourth-order valence-corrected chi connectivity index (χ4v) is 11.1. The van der Waals surface area contributed by atoms with Gasteiger partial charge in [0.25, 0.3) is 7.82 Å². The number of carbonyl (C=O) groups excluding carboxylic acids is 1. The van der Waals surface area contributed by atoms with Gasteiger partial charge in [0.1, 0.15) is 13.2 Å². The number of phosphoric ester groups is 1. The Morgan fingerprint density at radius 1 is 0.459 bits per heavy atom. The molecule has 0 rings (SSSR count). The molecule has 0 aromatic carbocycles. The van der Waals surface area contributed by atoms with Crippen molar-refractivity contribution in [2.45, 2.75) is 360 Å². The Hall–Kier alpha value is -0.760. The molecular weight excluding hydrogens is 936 g/mol. The molecule has 0 aromatic rings. The number of quaternary nitrogens is 1. The van der Waals surface area contributed by atoms with Gasteiger partial charge in [-0.05, 0) is 19.3 Å². The SMILES string of the molecule is CCCCCCCCCCCCC/C=C/C(O)C(COP(=O)([O-])OCC[N+](C)(C)C)NC(=O)CCCCCCCCCCCCCCCCCCCCCCCCCCCCCCCCCCCCCCCCC. The highest BCUT2D eigenvalue weighted by molar-refractivity contribution is 7.45. The number of amides is 1. The van der Waals surface area contributed by atoms with Gasteiger partial charge in [0.2, 0.25) is 5.91 Å². The van der Waals surface area contributed by atoms with Crippen LogP contribution in [0.5, 0.6) is 0 Å². The molecule has 3 unspecified atom stereocenters. The number of hydrogen-bond acceptors (Lipinski definition) is 6. The fraction of sp³-hybridized carbons (Fsp3) is 0.954. The number of aliphatic hydroxyl groups is 1. The maximum Gasteiger partial charge on any atom is 0.268 e. The van der Waals surface area contributed by atoms with Gasteiger partial charge in [0.05, 0.1) is 39.9 Å². The molecule has 0 aromatic heterocycles. The van der Waals surface area contributed by atoms with Crippen molar-refractivity contribution < 1.29 is 32.9 Å². The average molecular weight is 1070 g/mol. The van der Waals surface area contributed by atoms with Gasteiger partial charge in [-0.15, -0.1) is 0 Å². The maximum atomic E-state index is 13.0. The van der Waals surface area contributed by atoms with Crippen LogP contribution in [-0.4, -0.2) is 68.5 Å². The molecule has 0 spiro atoms. The Balaban J connectivity index is 3.82. The zero-order valence-electron chi connectivity index (χ0n) is 50.6. The molecular formula is C65H131N2O6P. The molecule has 74 heavy (non-hydrogen) atoms. The first kappa shape index (κ1) is 73.2. The lowest BCUT2D eigenvalue weighted by molar-refractivity contribution is -0.870. The number of aliphatic hydroxyl groups excluding tert-OH is 1. The second-order valence-corrected chi connectivity index (χ2v) is 25.6. The summed E-state index contributed by atoms with van der Waals surface area (Å²) in [7, 11) is 1.28. The van der Waals surface area contributed by atoms with Crippen LogP contribution in [0.15, 0.2) is 12.2 Å². The van der Waals surface area contributed by atoms with E-state index >= 15 is 0 Å². The van der Waals surface area contributed by atoms with Crippen LogP contribution in [0.4, 0.5) is 0 Å². The normalized spacial score (nSPS) is 13.8. The van der Waals surface area contributed by atoms with Crippen molar-refractivity contribution in [3.63, 3.8) is 0 Å². The number of rotatable bonds is 62. The number of likely N-dealkylation sites (N-methyl/N-ethyl adjacent to an activating group) is 1. The van der Waals surface area contributed by atoms with E-state index in [0.717, 1.165) is 38.5 Å². The van der Waals surface area contributed by atoms with Crippen molar-refractivity contribution in [1.29, 1.82) is 0 Å². The molecule has 0 fully saturated rings. The summed E-state index contributed by atoms with van der Waals surface area (Å²) in [6.07, 6.45) is 72.1. The van der Waals surface area contributed by atoms with Crippen molar-refractivity contribution in [2.75, 3.05) is 40.9 Å². The summed E-state index contributed by atoms with van der Waals surface area (Å²) in [6, 6.07) is -0.881. The molecule has 1 amide bonds. The van der Waals surface area contributed by atoms with Gasteiger partial charge in [0, 0.05) is 6.42 Å². The van der Waals surface area contributed by atoms with Gasteiger partial charge in [-0.25, -0.2) is 0 Å². The second-order valence-electron chi connectivity index (χ2n) is 24.2. The van der Waals surface area contributed by atoms with E-state index in [4.69, 9.17) is 9.05 Å². The van der Waals surface area contributed by atoms with Crippen LogP contribution in [-0.2, 0) is 18.4 Å². The first-order valence-electron chi connectivity index (χ1n) is 33.1. The van der Waals surface area contributed by atoms with Gasteiger partial charge >= 0.3 is 0 Å². The first-order valence-corrected chi connectivity index (χ1v) is 34.5. The third kappa shape index (κ3) is 58.9. The zero-order valence-corrected chi connectivity index (χ0v) is 51.5. The highest BCUT2D eigenvalue weighted by Crippen LogP contribution is 2.38. The monoisotopic (exact) mass is 1070 g/mol. The van der Waals surface area contributed by atoms with Crippen molar-refractivity contribution in [3.05, 3.63) is 12.2 Å². The summed E-state index contributed by atoms with van der Waals surface area (Å²) in [4.78, 5) is 25.5. The number of nitrogens with one attached hydrogen (secondary N) is 1. The number of nitrogens with zero attached hydrogens (tertiary/aromatic N) is 1. The number of unbranched alkanes of at least 4 members (excludes halogenated alkanes) is 49. The standard InChI is InChI=1S/C65H131N2O6P/c1-6-8-10-12-14-16-18-20-21-22-23-24-25-26-27-28-29-30-31-32-33-34-35-36-37-38-39-40-41-42-43-44-45-47-49-51-53-55-57-59-65(69)66-63(62-73-74(70,71)72-61-60-67(3,4)5)64(68)58-56-54-52-50-48-46-19-17-15-13-11-9-7-2/h56,58,63-64,68H,6-55,57,59-62H2,1-5H3,(H-,66,69,70,71)/b58-56+. The number of carbonyl (C=O) groups is 1. The molecule has 3 atom stereocenters. The number of phosphoric acid groups is 1. The Bertz CT molecular complexity index is 1210. The maximum absolute atomic E-state index is 13.0. The molecule has 2 N–H and O–H groups in total. The summed E-state index contributed by atoms with van der Waals surface area (Å²) in [5, 5.41) is 13.9. The highest BCUT2D eigenvalue weighted by atomic mass is 31.2. The van der Waals surface area contributed by atoms with Crippen molar-refractivity contribution >= 4 is 13.7 Å². The topological polar surface area (TPSA) is 108 Å². The molecule has 0 aliphatic heterocycles. The lowest BCUT2D eigenvalue weighted by Crippen LogP contribution is -2.45. The van der Waals surface area contributed by atoms with Crippen LogP contribution < -0.4 is 10.2 Å². The van der Waals surface area contributed by atoms with E-state index in [1.807, 2.05) is 27.2 Å². The van der Waals surface area contributed by atoms with Gasteiger partial charge < -0.3 is 28.8 Å². The second kappa shape index (κ2) is 56.9. The molecule has 9 heteroatoms. The van der Waals surface area contributed by atoms with E-state index in [2.05, 4.69) is 19.2 Å². The van der Waals surface area contributed by atoms with Crippen LogP contribution in [0, 0.1) is 0 Å². The third-order valence-electron chi connectivity index (χ3n) is 15.5. The van der Waals surface area contributed by atoms with E-state index in [0.29, 0.717) is 17.4 Å². The lowest BCUT2D eigenvalue weighted by atomic mass is 10.0. The average Bonchev–Trinajstić information content (AvgIpc) is 3.36. The van der Waals surface area contributed by atoms with Gasteiger partial charge in [-0.2, -0.15) is 0 Å². The van der Waals surface area contributed by atoms with Crippen molar-refractivity contribution in [1.82, 2.24) is 5.32 Å². The Kier molecular flexibility index (Phi) is 56.4. The zero-order chi connectivity index (χ0) is 54.2. The first-order chi connectivity index (χ1) is 36.0. The van der Waals surface area contributed by atoms with Crippen LogP contribution in [0.3, 0.4) is 0 Å². The minimum absolute atomic E-state index is 0.00249. The predicted octanol–water partition coefficient (Wildman–Crippen LogP) is 19.9. The lowest BCUT2D eigenvalue weighted by Gasteiger charge is -2.29. The molecule has 8 nitrogen and oxygen atoms in total. The Morgan fingerprint density at radius 3 is 1.01 bits per heavy atom. The number of hydrogen-bond donors (Lipinski definition) is 2. The minimum Gasteiger partial charge on any atom is -0.756 e. The van der Waals surface area contributed by atoms with Gasteiger partial charge in [-0.3, -0.25) is 9.36 Å². The van der Waals surface area contributed by atoms with Gasteiger partial charge in [-0.1, -0.05) is 334 Å². The van der Waals surface area contributed by atoms with Crippen LogP contribution in [0.25, 0.3) is 0 Å². The van der Waals surface area contributed by atoms with E-state index in [9.17, 15) is 19.4 Å². The molecule has 442 valence electrons. The van der Waals surface area contributed by atoms with Crippen molar-refractivity contribution in [3.8, 4) is 0 Å². The van der Waals surface area contributed by atoms with Crippen LogP contribution in [0.1, 0.15) is 348 Å². The Morgan fingerprint density at radius 2 is 0.730 bits per heavy atom. The van der Waals surface area contributed by atoms with E-state index in [-0.39, 0.29) is 19.1 Å². The van der Waals surface area contributed by atoms with E-state index in [1.54, 1.807) is 6.08 Å². The fourth-order valence-electron chi connectivity index (χ4n) is 10.3. The molecule has 0 saturated heterocycles.